The molecular weight excluding hydrogens is 619 g/mol. The van der Waals surface area contributed by atoms with E-state index in [2.05, 4.69) is 146 Å². The fraction of sp³-hybridized carbons (Fsp3) is 0.104. The minimum absolute atomic E-state index is 0.904. The summed E-state index contributed by atoms with van der Waals surface area (Å²) in [5, 5.41) is 2.12. The molecule has 0 fully saturated rings. The van der Waals surface area contributed by atoms with Crippen molar-refractivity contribution in [3.63, 3.8) is 0 Å². The number of rotatable bonds is 6. The molecule has 0 N–H and O–H groups in total. The van der Waals surface area contributed by atoms with E-state index < -0.39 is 0 Å². The van der Waals surface area contributed by atoms with Crippen LogP contribution in [0, 0.1) is 6.92 Å². The molecule has 0 unspecified atom stereocenters. The average Bonchev–Trinajstić information content (AvgIpc) is 3.27. The lowest BCUT2D eigenvalue weighted by atomic mass is 9.95. The zero-order valence-corrected chi connectivity index (χ0v) is 29.1. The Hall–Kier alpha value is -6.19. The molecule has 8 rings (SSSR count). The van der Waals surface area contributed by atoms with E-state index in [1.807, 2.05) is 31.2 Å². The number of aromatic nitrogens is 2. The zero-order chi connectivity index (χ0) is 34.6. The summed E-state index contributed by atoms with van der Waals surface area (Å²) < 4.78 is 0. The van der Waals surface area contributed by atoms with Gasteiger partial charge >= 0.3 is 0 Å². The summed E-state index contributed by atoms with van der Waals surface area (Å²) in [7, 11) is 0. The first-order valence-corrected chi connectivity index (χ1v) is 17.8. The highest BCUT2D eigenvalue weighted by Crippen LogP contribution is 2.36. The minimum Gasteiger partial charge on any atom is -0.252 e. The first-order valence-electron chi connectivity index (χ1n) is 17.8. The zero-order valence-electron chi connectivity index (χ0n) is 29.1. The maximum absolute atomic E-state index is 5.36. The lowest BCUT2D eigenvalue weighted by Crippen LogP contribution is -2.01. The highest BCUT2D eigenvalue weighted by molar-refractivity contribution is 6.09. The number of para-hydroxylation sites is 2. The van der Waals surface area contributed by atoms with Crippen LogP contribution in [0.3, 0.4) is 0 Å². The normalized spacial score (nSPS) is 15.6. The number of pyridine rings is 2. The maximum atomic E-state index is 5.36. The maximum Gasteiger partial charge on any atom is 0.0825 e. The van der Waals surface area contributed by atoms with Crippen molar-refractivity contribution in [2.45, 2.75) is 33.1 Å². The molecule has 7 aromatic rings. The van der Waals surface area contributed by atoms with E-state index >= 15 is 0 Å². The fourth-order valence-corrected chi connectivity index (χ4v) is 7.06. The summed E-state index contributed by atoms with van der Waals surface area (Å²) in [5.41, 5.74) is 15.3. The Morgan fingerprint density at radius 1 is 0.608 bits per heavy atom. The van der Waals surface area contributed by atoms with Crippen LogP contribution < -0.4 is 0 Å². The Bertz CT molecular complexity index is 2520. The summed E-state index contributed by atoms with van der Waals surface area (Å²) >= 11 is 0. The Kier molecular flexibility index (Phi) is 9.01. The van der Waals surface area contributed by atoms with Crippen molar-refractivity contribution in [1.82, 2.24) is 9.97 Å². The summed E-state index contributed by atoms with van der Waals surface area (Å²) in [6, 6.07) is 47.4. The second-order valence-electron chi connectivity index (χ2n) is 13.1. The van der Waals surface area contributed by atoms with Gasteiger partial charge < -0.3 is 0 Å². The van der Waals surface area contributed by atoms with Crippen LogP contribution in [0.4, 0.5) is 5.69 Å². The number of hydrogen-bond donors (Lipinski definition) is 0. The Labute approximate surface area is 300 Å². The van der Waals surface area contributed by atoms with Gasteiger partial charge in [0.2, 0.25) is 0 Å². The van der Waals surface area contributed by atoms with E-state index in [-0.39, 0.29) is 0 Å². The summed E-state index contributed by atoms with van der Waals surface area (Å²) in [6.45, 7) is 4.15. The molecule has 1 aliphatic heterocycles. The van der Waals surface area contributed by atoms with E-state index in [9.17, 15) is 0 Å². The monoisotopic (exact) mass is 657 g/mol. The van der Waals surface area contributed by atoms with Crippen molar-refractivity contribution < 1.29 is 0 Å². The summed E-state index contributed by atoms with van der Waals surface area (Å²) in [6.07, 6.45) is 13.5. The van der Waals surface area contributed by atoms with Gasteiger partial charge in [0, 0.05) is 27.6 Å². The third kappa shape index (κ3) is 6.59. The van der Waals surface area contributed by atoms with Gasteiger partial charge in [-0.15, -0.1) is 0 Å². The molecule has 0 atom stereocenters. The van der Waals surface area contributed by atoms with Crippen molar-refractivity contribution in [1.29, 1.82) is 0 Å². The second-order valence-corrected chi connectivity index (χ2v) is 13.1. The van der Waals surface area contributed by atoms with Gasteiger partial charge in [-0.2, -0.15) is 0 Å². The number of aryl methyl sites for hydroxylation is 1. The molecule has 0 aliphatic carbocycles. The molecule has 0 bridgehead atoms. The molecule has 0 saturated heterocycles. The smallest absolute Gasteiger partial charge is 0.0825 e. The van der Waals surface area contributed by atoms with E-state index in [0.29, 0.717) is 0 Å². The van der Waals surface area contributed by atoms with Crippen molar-refractivity contribution in [2.24, 2.45) is 4.99 Å². The van der Waals surface area contributed by atoms with Gasteiger partial charge in [-0.1, -0.05) is 127 Å². The van der Waals surface area contributed by atoms with Crippen molar-refractivity contribution in [3.8, 4) is 22.4 Å². The van der Waals surface area contributed by atoms with Crippen LogP contribution in [0.2, 0.25) is 0 Å². The molecule has 3 heterocycles. The first kappa shape index (κ1) is 32.0. The van der Waals surface area contributed by atoms with Gasteiger partial charge in [-0.05, 0) is 103 Å². The van der Waals surface area contributed by atoms with E-state index in [4.69, 9.17) is 15.0 Å². The molecule has 1 aliphatic rings. The molecule has 0 saturated carbocycles. The van der Waals surface area contributed by atoms with Crippen molar-refractivity contribution in [3.05, 3.63) is 186 Å². The van der Waals surface area contributed by atoms with Crippen LogP contribution in [0.25, 0.3) is 55.8 Å². The molecule has 3 heteroatoms. The topological polar surface area (TPSA) is 38.1 Å². The molecular formula is C48H39N3. The van der Waals surface area contributed by atoms with Crippen molar-refractivity contribution >= 4 is 44.9 Å². The third-order valence-electron chi connectivity index (χ3n) is 9.62. The van der Waals surface area contributed by atoms with Gasteiger partial charge in [0.15, 0.2) is 0 Å². The second kappa shape index (κ2) is 14.3. The predicted octanol–water partition coefficient (Wildman–Crippen LogP) is 12.8. The largest absolute Gasteiger partial charge is 0.252 e. The van der Waals surface area contributed by atoms with Gasteiger partial charge in [-0.3, -0.25) is 4.99 Å². The lowest BCUT2D eigenvalue weighted by Gasteiger charge is -2.14. The van der Waals surface area contributed by atoms with Crippen LogP contribution in [0.1, 0.15) is 54.1 Å². The Morgan fingerprint density at radius 3 is 2.16 bits per heavy atom. The quantitative estimate of drug-likeness (QED) is 0.132. The van der Waals surface area contributed by atoms with Gasteiger partial charge in [-0.25, -0.2) is 9.97 Å². The van der Waals surface area contributed by atoms with E-state index in [1.165, 1.54) is 16.7 Å². The highest BCUT2D eigenvalue weighted by atomic mass is 14.8. The Balaban J connectivity index is 1.20. The van der Waals surface area contributed by atoms with Crippen LogP contribution in [0.15, 0.2) is 163 Å². The molecule has 5 aromatic carbocycles. The van der Waals surface area contributed by atoms with E-state index in [1.54, 1.807) is 0 Å². The molecule has 246 valence electrons. The lowest BCUT2D eigenvalue weighted by molar-refractivity contribution is 0.896. The van der Waals surface area contributed by atoms with Gasteiger partial charge in [0.1, 0.15) is 0 Å². The van der Waals surface area contributed by atoms with E-state index in [0.717, 1.165) is 91.7 Å². The number of aliphatic imine (C=N–C) groups is 1. The SMILES string of the molecule is C/C=C\C=C/c1nc2c(cc1C)c(-c1cccc(-c3cccc(/C4=N/c5ccccc5/C(c5ccccc5)=C\CCC4)c3)c1)nc1ccccc12. The minimum atomic E-state index is 0.904. The van der Waals surface area contributed by atoms with Gasteiger partial charge in [0.25, 0.3) is 0 Å². The Morgan fingerprint density at radius 2 is 1.31 bits per heavy atom. The fourth-order valence-electron chi connectivity index (χ4n) is 7.06. The number of hydrogen-bond acceptors (Lipinski definition) is 3. The molecule has 2 aromatic heterocycles. The number of nitrogens with zero attached hydrogens (tertiary/aromatic N) is 3. The molecule has 51 heavy (non-hydrogen) atoms. The van der Waals surface area contributed by atoms with Crippen LogP contribution in [-0.4, -0.2) is 15.7 Å². The number of benzene rings is 5. The standard InChI is InChI=1S/C48H39N3/c1-3-4-6-26-43-33(2)30-42-47(51-46-29-14-11-25-41(46)48(42)50-43)38-22-16-20-36(32-38)35-19-15-21-37(31-35)44-27-12-9-23-39(34-17-7-5-8-18-34)40-24-10-13-28-45(40)49-44/h3-8,10-11,13-26,28-32H,9,12,27H2,1-2H3/b4-3-,26-6-,39-23-,49-44+. The molecule has 0 spiro atoms. The summed E-state index contributed by atoms with van der Waals surface area (Å²) in [5.74, 6) is 0. The molecule has 0 radical (unpaired) electrons. The van der Waals surface area contributed by atoms with Crippen molar-refractivity contribution in [2.75, 3.05) is 0 Å². The number of allylic oxidation sites excluding steroid dienone is 4. The predicted molar refractivity (Wildman–Crippen MR) is 217 cm³/mol. The highest BCUT2D eigenvalue weighted by Gasteiger charge is 2.16. The number of fused-ring (bicyclic) bond motifs is 4. The van der Waals surface area contributed by atoms with Crippen LogP contribution >= 0.6 is 0 Å². The van der Waals surface area contributed by atoms with Crippen LogP contribution in [-0.2, 0) is 0 Å². The third-order valence-corrected chi connectivity index (χ3v) is 9.62. The first-order chi connectivity index (χ1) is 25.2. The van der Waals surface area contributed by atoms with Gasteiger partial charge in [0.05, 0.1) is 28.1 Å². The van der Waals surface area contributed by atoms with Crippen LogP contribution in [0.5, 0.6) is 0 Å². The molecule has 0 amide bonds. The summed E-state index contributed by atoms with van der Waals surface area (Å²) in [4.78, 5) is 15.8. The average molecular weight is 658 g/mol. The molecule has 3 nitrogen and oxygen atoms in total.